The van der Waals surface area contributed by atoms with E-state index in [1.54, 1.807) is 23.6 Å². The van der Waals surface area contributed by atoms with E-state index < -0.39 is 19.6 Å². The number of hydrogen-bond acceptors (Lipinski definition) is 7. The van der Waals surface area contributed by atoms with Crippen LogP contribution in [0.25, 0.3) is 22.3 Å². The second kappa shape index (κ2) is 19.0. The molecule has 0 unspecified atom stereocenters. The van der Waals surface area contributed by atoms with Crippen LogP contribution in [-0.2, 0) is 37.1 Å². The summed E-state index contributed by atoms with van der Waals surface area (Å²) in [6.45, 7) is 27.2. The number of nitrogens with one attached hydrogen (secondary N) is 1. The van der Waals surface area contributed by atoms with Crippen LogP contribution in [0, 0.1) is 0 Å². The highest BCUT2D eigenvalue weighted by Gasteiger charge is 2.36. The molecule has 50 heavy (non-hydrogen) atoms. The van der Waals surface area contributed by atoms with Crippen molar-refractivity contribution in [1.82, 2.24) is 37.8 Å². The van der Waals surface area contributed by atoms with Crippen molar-refractivity contribution in [2.45, 2.75) is 112 Å². The van der Waals surface area contributed by atoms with Gasteiger partial charge < -0.3 is 13.6 Å². The van der Waals surface area contributed by atoms with Gasteiger partial charge >= 0.3 is 11.4 Å². The lowest BCUT2D eigenvalue weighted by Gasteiger charge is -2.36. The van der Waals surface area contributed by atoms with E-state index in [1.807, 2.05) is 13.8 Å². The van der Waals surface area contributed by atoms with Gasteiger partial charge in [0, 0.05) is 44.7 Å². The number of halogens is 3. The highest BCUT2D eigenvalue weighted by Crippen LogP contribution is 2.36. The van der Waals surface area contributed by atoms with Crippen LogP contribution >= 0.6 is 39.1 Å². The third kappa shape index (κ3) is 9.87. The summed E-state index contributed by atoms with van der Waals surface area (Å²) in [4.78, 5) is 58.8. The second-order valence-corrected chi connectivity index (χ2v) is 19.2. The number of rotatable bonds is 13. The van der Waals surface area contributed by atoms with Gasteiger partial charge in [-0.25, -0.2) is 9.59 Å². The molecule has 0 aliphatic carbocycles. The van der Waals surface area contributed by atoms with Gasteiger partial charge in [0.05, 0.1) is 0 Å². The van der Waals surface area contributed by atoms with Crippen molar-refractivity contribution in [3.8, 4) is 0 Å². The van der Waals surface area contributed by atoms with Gasteiger partial charge in [-0.15, -0.1) is 13.2 Å². The third-order valence-corrected chi connectivity index (χ3v) is 14.1. The predicted molar refractivity (Wildman–Crippen MR) is 211 cm³/mol. The Bertz CT molecular complexity index is 2020. The lowest BCUT2D eigenvalue weighted by molar-refractivity contribution is 0.289. The molecule has 4 rings (SSSR count). The van der Waals surface area contributed by atoms with Crippen molar-refractivity contribution in [2.75, 3.05) is 11.9 Å². The first-order valence-corrected chi connectivity index (χ1v) is 21.5. The Balaban J connectivity index is 0.000000271. The van der Waals surface area contributed by atoms with E-state index in [1.165, 1.54) is 18.3 Å². The van der Waals surface area contributed by atoms with Crippen molar-refractivity contribution in [1.29, 1.82) is 0 Å². The fourth-order valence-electron chi connectivity index (χ4n) is 4.69. The topological polar surface area (TPSA) is 144 Å². The van der Waals surface area contributed by atoms with E-state index in [4.69, 9.17) is 27.6 Å². The molecule has 17 heteroatoms. The summed E-state index contributed by atoms with van der Waals surface area (Å²) in [6, 6.07) is 0. The molecule has 0 amide bonds. The molecule has 4 aromatic rings. The SMILES string of the molecule is C=CCn1c(Cl)nc2c1c(=O)[nH]c(=O)n2CC.C=CCn1c(Cl)nc2c1c(=O)n(CCCC)c(=O)n2CC.CC(C)(C)[Si](C)(C)OCCCBr. The number of aryl methyl sites for hydroxylation is 2. The molecule has 13 nitrogen and oxygen atoms in total. The van der Waals surface area contributed by atoms with Gasteiger partial charge in [0.2, 0.25) is 10.6 Å². The van der Waals surface area contributed by atoms with E-state index in [-0.39, 0.29) is 27.3 Å². The summed E-state index contributed by atoms with van der Waals surface area (Å²) in [7, 11) is -1.46. The van der Waals surface area contributed by atoms with E-state index in [9.17, 15) is 19.2 Å². The number of aromatic amines is 1. The highest BCUT2D eigenvalue weighted by molar-refractivity contribution is 9.09. The largest absolute Gasteiger partial charge is 0.417 e. The van der Waals surface area contributed by atoms with Crippen LogP contribution in [0.5, 0.6) is 0 Å². The third-order valence-electron chi connectivity index (χ3n) is 8.44. The van der Waals surface area contributed by atoms with E-state index in [0.717, 1.165) is 31.2 Å². The minimum atomic E-state index is -1.46. The molecule has 4 heterocycles. The van der Waals surface area contributed by atoms with Gasteiger partial charge in [-0.05, 0) is 68.0 Å². The van der Waals surface area contributed by atoms with Crippen molar-refractivity contribution in [3.63, 3.8) is 0 Å². The van der Waals surface area contributed by atoms with Crippen molar-refractivity contribution in [3.05, 3.63) is 77.6 Å². The Morgan fingerprint density at radius 1 is 0.840 bits per heavy atom. The lowest BCUT2D eigenvalue weighted by atomic mass is 10.2. The molecule has 278 valence electrons. The Kier molecular flexibility index (Phi) is 16.4. The summed E-state index contributed by atoms with van der Waals surface area (Å²) in [5.74, 6) is 0. The van der Waals surface area contributed by atoms with Crippen LogP contribution < -0.4 is 22.5 Å². The summed E-state index contributed by atoms with van der Waals surface area (Å²) in [5.41, 5.74) is -0.354. The van der Waals surface area contributed by atoms with Crippen LogP contribution in [0.4, 0.5) is 0 Å². The smallest absolute Gasteiger partial charge is 0.332 e. The number of fused-ring (bicyclic) bond motifs is 2. The Morgan fingerprint density at radius 2 is 1.36 bits per heavy atom. The van der Waals surface area contributed by atoms with Gasteiger partial charge in [0.15, 0.2) is 30.6 Å². The predicted octanol–water partition coefficient (Wildman–Crippen LogP) is 6.56. The molecular weight excluding hydrogens is 767 g/mol. The van der Waals surface area contributed by atoms with E-state index >= 15 is 0 Å². The van der Waals surface area contributed by atoms with Crippen LogP contribution in [0.1, 0.15) is 60.8 Å². The van der Waals surface area contributed by atoms with Crippen molar-refractivity contribution < 1.29 is 4.43 Å². The molecule has 0 aliphatic rings. The fraction of sp³-hybridized carbons (Fsp3) is 0.576. The van der Waals surface area contributed by atoms with Crippen LogP contribution in [0.2, 0.25) is 28.7 Å². The summed E-state index contributed by atoms with van der Waals surface area (Å²) in [6.07, 6.45) is 6.04. The average Bonchev–Trinajstić information content (AvgIpc) is 3.54. The highest BCUT2D eigenvalue weighted by atomic mass is 79.9. The number of alkyl halides is 1. The maximum Gasteiger partial charge on any atom is 0.332 e. The molecular formula is C33H51BrCl2N8O5Si. The van der Waals surface area contributed by atoms with Gasteiger partial charge in [-0.3, -0.25) is 28.3 Å². The van der Waals surface area contributed by atoms with Crippen LogP contribution in [0.3, 0.4) is 0 Å². The molecule has 0 radical (unpaired) electrons. The Labute approximate surface area is 311 Å². The quantitative estimate of drug-likeness (QED) is 0.0530. The fourth-order valence-corrected chi connectivity index (χ4v) is 6.48. The maximum absolute atomic E-state index is 12.6. The number of allylic oxidation sites excluding steroid dienone is 2. The van der Waals surface area contributed by atoms with Crippen molar-refractivity contribution >= 4 is 69.8 Å². The monoisotopic (exact) mass is 816 g/mol. The van der Waals surface area contributed by atoms with Crippen LogP contribution in [0.15, 0.2) is 44.5 Å². The van der Waals surface area contributed by atoms with Crippen molar-refractivity contribution in [2.24, 2.45) is 0 Å². The summed E-state index contributed by atoms with van der Waals surface area (Å²) < 4.78 is 13.2. The summed E-state index contributed by atoms with van der Waals surface area (Å²) in [5, 5.41) is 1.75. The number of hydrogen-bond donors (Lipinski definition) is 1. The molecule has 0 bridgehead atoms. The zero-order valence-electron chi connectivity index (χ0n) is 30.4. The van der Waals surface area contributed by atoms with Gasteiger partial charge in [0.1, 0.15) is 0 Å². The van der Waals surface area contributed by atoms with Crippen LogP contribution in [-0.4, -0.2) is 58.0 Å². The molecule has 0 atom stereocenters. The van der Waals surface area contributed by atoms with Gasteiger partial charge in [-0.1, -0.05) is 62.2 Å². The molecule has 4 aromatic heterocycles. The van der Waals surface area contributed by atoms with E-state index in [2.05, 4.69) is 77.9 Å². The van der Waals surface area contributed by atoms with E-state index in [0.29, 0.717) is 54.6 Å². The molecule has 0 saturated heterocycles. The average molecular weight is 819 g/mol. The first-order valence-electron chi connectivity index (χ1n) is 16.7. The minimum absolute atomic E-state index is 0.165. The lowest BCUT2D eigenvalue weighted by Crippen LogP contribution is -2.41. The number of nitrogens with zero attached hydrogens (tertiary/aromatic N) is 7. The second-order valence-electron chi connectivity index (χ2n) is 12.9. The number of H-pyrrole nitrogens is 1. The number of unbranched alkanes of at least 4 members (excludes halogenated alkanes) is 1. The number of imidazole rings is 2. The Morgan fingerprint density at radius 3 is 1.82 bits per heavy atom. The van der Waals surface area contributed by atoms with Gasteiger partial charge in [0.25, 0.3) is 11.1 Å². The zero-order valence-corrected chi connectivity index (χ0v) is 34.5. The first-order chi connectivity index (χ1) is 23.5. The Hall–Kier alpha value is -2.98. The summed E-state index contributed by atoms with van der Waals surface area (Å²) >= 11 is 15.4. The van der Waals surface area contributed by atoms with Gasteiger partial charge in [-0.2, -0.15) is 9.97 Å². The molecule has 0 aliphatic heterocycles. The standard InChI is InChI=1S/C14H19ClN4O2.C10H11ClN4O2.C9H21BrOSi/c1-4-7-9-19-12(20)10-11(17(6-3)14(19)21)16-13(15)18(10)8-5-2;1-3-5-15-6-7(12-9(15)11)14(4-2)10(17)13-8(6)16;1-9(2,3)12(4,5)11-8-6-7-10/h5H,2,4,6-9H2,1,3H3;3H,1,4-5H2,2H3,(H,13,16,17);6-8H2,1-5H3. The maximum atomic E-state index is 12.6. The molecule has 0 saturated carbocycles. The molecule has 0 fully saturated rings. The minimum Gasteiger partial charge on any atom is -0.417 e. The molecule has 0 aromatic carbocycles. The molecule has 1 N–H and O–H groups in total. The first kappa shape index (κ1) is 43.2. The normalized spacial score (nSPS) is 11.7. The molecule has 0 spiro atoms. The number of aromatic nitrogens is 8. The zero-order chi connectivity index (χ0) is 38.0.